The van der Waals surface area contributed by atoms with Crippen molar-refractivity contribution in [2.45, 2.75) is 26.9 Å². The van der Waals surface area contributed by atoms with Crippen molar-refractivity contribution in [2.24, 2.45) is 0 Å². The van der Waals surface area contributed by atoms with E-state index in [1.165, 1.54) is 0 Å². The molecule has 84 valence electrons. The molecule has 0 N–H and O–H groups in total. The maximum absolute atomic E-state index is 5.45. The average molecular weight is 220 g/mol. The average Bonchev–Trinajstić information content (AvgIpc) is 2.16. The monoisotopic (exact) mass is 220 g/mol. The lowest BCUT2D eigenvalue weighted by molar-refractivity contribution is -0.469. The van der Waals surface area contributed by atoms with Gasteiger partial charge in [0, 0.05) is 0 Å². The molecule has 0 aliphatic carbocycles. The molecule has 14 heavy (non-hydrogen) atoms. The second-order valence-electron chi connectivity index (χ2n) is 2.40. The first-order valence-electron chi connectivity index (χ1n) is 4.91. The molecule has 0 aromatic rings. The minimum absolute atomic E-state index is 0.478. The smallest absolute Gasteiger partial charge is 0.348 e. The third kappa shape index (κ3) is 4.87. The summed E-state index contributed by atoms with van der Waals surface area (Å²) in [6, 6.07) is 0. The van der Waals surface area contributed by atoms with E-state index in [0.29, 0.717) is 19.8 Å². The minimum atomic E-state index is -1.31. The predicted molar refractivity (Wildman–Crippen MR) is 57.4 cm³/mol. The van der Waals surface area contributed by atoms with Gasteiger partial charge in [-0.15, -0.1) is 6.58 Å². The summed E-state index contributed by atoms with van der Waals surface area (Å²) in [6.45, 7) is 10.6. The lowest BCUT2D eigenvalue weighted by atomic mass is 10.8. The van der Waals surface area contributed by atoms with Gasteiger partial charge in [-0.2, -0.15) is 0 Å². The van der Waals surface area contributed by atoms with Gasteiger partial charge in [-0.25, -0.2) is 0 Å². The first-order chi connectivity index (χ1) is 6.74. The van der Waals surface area contributed by atoms with Gasteiger partial charge in [0.2, 0.25) is 0 Å². The molecule has 0 amide bonds. The molecule has 0 atom stereocenters. The normalized spacial score (nSPS) is 12.5. The van der Waals surface area contributed by atoms with Crippen LogP contribution < -0.4 is 0 Å². The highest BCUT2D eigenvalue weighted by molar-refractivity contribution is 6.34. The molecule has 0 aromatic carbocycles. The van der Waals surface area contributed by atoms with Gasteiger partial charge >= 0.3 is 6.16 Å². The van der Waals surface area contributed by atoms with Crippen molar-refractivity contribution < 1.29 is 18.6 Å². The van der Waals surface area contributed by atoms with E-state index < -0.39 is 15.9 Å². The van der Waals surface area contributed by atoms with Gasteiger partial charge in [0.15, 0.2) is 9.76 Å². The number of ether oxygens (including phenoxy) is 3. The Morgan fingerprint density at radius 2 is 1.50 bits per heavy atom. The predicted octanol–water partition coefficient (Wildman–Crippen LogP) is 0.951. The molecule has 0 rings (SSSR count). The molecule has 0 saturated carbocycles. The molecule has 0 fully saturated rings. The van der Waals surface area contributed by atoms with E-state index >= 15 is 0 Å². The van der Waals surface area contributed by atoms with Crippen LogP contribution in [-0.2, 0) is 18.6 Å². The Morgan fingerprint density at radius 3 is 1.79 bits per heavy atom. The molecule has 0 saturated heterocycles. The summed E-state index contributed by atoms with van der Waals surface area (Å²) in [7, 11) is -0.854. The van der Waals surface area contributed by atoms with Crippen LogP contribution in [0.2, 0.25) is 0 Å². The zero-order chi connectivity index (χ0) is 10.9. The van der Waals surface area contributed by atoms with E-state index in [4.69, 9.17) is 18.6 Å². The Bertz CT molecular complexity index is 135. The highest BCUT2D eigenvalue weighted by Gasteiger charge is 2.33. The fraction of sp³-hybridized carbons (Fsp3) is 0.778. The van der Waals surface area contributed by atoms with Crippen LogP contribution in [0.4, 0.5) is 0 Å². The van der Waals surface area contributed by atoms with Crippen LogP contribution in [0.3, 0.4) is 0 Å². The zero-order valence-electron chi connectivity index (χ0n) is 9.25. The van der Waals surface area contributed by atoms with Gasteiger partial charge < -0.3 is 18.6 Å². The molecule has 0 unspecified atom stereocenters. The SMILES string of the molecule is C=C[SiH2]OC(OCC)(OCC)OCC. The van der Waals surface area contributed by atoms with Gasteiger partial charge in [-0.1, -0.05) is 5.70 Å². The topological polar surface area (TPSA) is 36.9 Å². The van der Waals surface area contributed by atoms with Gasteiger partial charge in [0.25, 0.3) is 0 Å². The highest BCUT2D eigenvalue weighted by Crippen LogP contribution is 2.16. The Hall–Kier alpha value is -0.203. The number of rotatable bonds is 9. The molecule has 5 heteroatoms. The molecule has 0 spiro atoms. The molecule has 0 aliphatic heterocycles. The van der Waals surface area contributed by atoms with Crippen molar-refractivity contribution in [2.75, 3.05) is 19.8 Å². The first kappa shape index (κ1) is 13.8. The van der Waals surface area contributed by atoms with Gasteiger partial charge in [0.1, 0.15) is 0 Å². The molecule has 0 aromatic heterocycles. The summed E-state index contributed by atoms with van der Waals surface area (Å²) in [5.41, 5.74) is 1.76. The van der Waals surface area contributed by atoms with E-state index in [9.17, 15) is 0 Å². The molecular weight excluding hydrogens is 200 g/mol. The standard InChI is InChI=1S/C9H20O4Si/c1-5-10-9(11-6-2,12-7-3)13-14-8-4/h8H,4-7,14H2,1-3H3. The van der Waals surface area contributed by atoms with Crippen LogP contribution in [0.25, 0.3) is 0 Å². The van der Waals surface area contributed by atoms with Crippen molar-refractivity contribution in [1.29, 1.82) is 0 Å². The molecule has 0 radical (unpaired) electrons. The van der Waals surface area contributed by atoms with Crippen LogP contribution in [0.1, 0.15) is 20.8 Å². The van der Waals surface area contributed by atoms with Gasteiger partial charge in [-0.3, -0.25) is 0 Å². The Morgan fingerprint density at radius 1 is 1.07 bits per heavy atom. The first-order valence-corrected chi connectivity index (χ1v) is 6.30. The van der Waals surface area contributed by atoms with E-state index in [2.05, 4.69) is 6.58 Å². The van der Waals surface area contributed by atoms with Crippen LogP contribution in [0.5, 0.6) is 0 Å². The van der Waals surface area contributed by atoms with E-state index in [-0.39, 0.29) is 0 Å². The third-order valence-corrected chi connectivity index (χ3v) is 2.10. The largest absolute Gasteiger partial charge is 0.402 e. The summed E-state index contributed by atoms with van der Waals surface area (Å²) in [4.78, 5) is 0. The van der Waals surface area contributed by atoms with Crippen molar-refractivity contribution in [1.82, 2.24) is 0 Å². The number of hydrogen-bond donors (Lipinski definition) is 0. The zero-order valence-corrected chi connectivity index (χ0v) is 10.7. The summed E-state index contributed by atoms with van der Waals surface area (Å²) in [5.74, 6) is 0. The Kier molecular flexibility index (Phi) is 8.02. The molecule has 0 aliphatic rings. The number of hydrogen-bond acceptors (Lipinski definition) is 4. The van der Waals surface area contributed by atoms with Gasteiger partial charge in [0.05, 0.1) is 19.8 Å². The Balaban J connectivity index is 4.28. The summed E-state index contributed by atoms with van der Waals surface area (Å²) in [6.07, 6.45) is -1.31. The van der Waals surface area contributed by atoms with Crippen LogP contribution in [0.15, 0.2) is 12.3 Å². The second kappa shape index (κ2) is 8.13. The minimum Gasteiger partial charge on any atom is -0.348 e. The summed E-state index contributed by atoms with van der Waals surface area (Å²) < 4.78 is 21.5. The van der Waals surface area contributed by atoms with Crippen molar-refractivity contribution >= 4 is 9.76 Å². The van der Waals surface area contributed by atoms with Gasteiger partial charge in [-0.05, 0) is 20.8 Å². The fourth-order valence-electron chi connectivity index (χ4n) is 0.941. The fourth-order valence-corrected chi connectivity index (χ4v) is 1.51. The maximum atomic E-state index is 5.45. The second-order valence-corrected chi connectivity index (χ2v) is 3.60. The van der Waals surface area contributed by atoms with Crippen LogP contribution in [-0.4, -0.2) is 35.7 Å². The Labute approximate surface area is 88.1 Å². The van der Waals surface area contributed by atoms with Crippen LogP contribution in [0, 0.1) is 0 Å². The molecule has 0 bridgehead atoms. The lowest BCUT2D eigenvalue weighted by Gasteiger charge is -2.31. The molecule has 4 nitrogen and oxygen atoms in total. The quantitative estimate of drug-likeness (QED) is 0.428. The lowest BCUT2D eigenvalue weighted by Crippen LogP contribution is -2.43. The van der Waals surface area contributed by atoms with Crippen LogP contribution >= 0.6 is 0 Å². The van der Waals surface area contributed by atoms with E-state index in [0.717, 1.165) is 0 Å². The highest BCUT2D eigenvalue weighted by atomic mass is 28.2. The summed E-state index contributed by atoms with van der Waals surface area (Å²) in [5, 5.41) is 0. The third-order valence-electron chi connectivity index (χ3n) is 1.34. The van der Waals surface area contributed by atoms with Crippen molar-refractivity contribution in [3.05, 3.63) is 12.3 Å². The maximum Gasteiger partial charge on any atom is 0.402 e. The van der Waals surface area contributed by atoms with E-state index in [1.807, 2.05) is 20.8 Å². The van der Waals surface area contributed by atoms with Crippen molar-refractivity contribution in [3.63, 3.8) is 0 Å². The molecular formula is C9H20O4Si. The van der Waals surface area contributed by atoms with Crippen molar-refractivity contribution in [3.8, 4) is 0 Å². The summed E-state index contributed by atoms with van der Waals surface area (Å²) >= 11 is 0. The molecule has 0 heterocycles. The van der Waals surface area contributed by atoms with E-state index in [1.54, 1.807) is 5.70 Å².